The van der Waals surface area contributed by atoms with Crippen LogP contribution in [0.3, 0.4) is 0 Å². The molecule has 2 saturated heterocycles. The van der Waals surface area contributed by atoms with Crippen molar-refractivity contribution in [2.45, 2.75) is 38.6 Å². The Morgan fingerprint density at radius 3 is 2.92 bits per heavy atom. The van der Waals surface area contributed by atoms with Crippen LogP contribution in [0.2, 0.25) is 0 Å². The zero-order chi connectivity index (χ0) is 16.5. The molecular weight excluding hydrogens is 324 g/mol. The Kier molecular flexibility index (Phi) is 4.37. The van der Waals surface area contributed by atoms with Crippen LogP contribution in [0.4, 0.5) is 5.82 Å². The number of rotatable bonds is 3. The molecule has 0 saturated carbocycles. The van der Waals surface area contributed by atoms with Crippen molar-refractivity contribution in [3.05, 3.63) is 16.8 Å². The Labute approximate surface area is 145 Å². The third-order valence-electron chi connectivity index (χ3n) is 4.83. The highest BCUT2D eigenvalue weighted by atomic mass is 32.1. The van der Waals surface area contributed by atoms with Crippen molar-refractivity contribution in [1.29, 1.82) is 0 Å². The Morgan fingerprint density at radius 2 is 2.17 bits per heavy atom. The van der Waals surface area contributed by atoms with E-state index in [0.29, 0.717) is 6.61 Å². The minimum atomic E-state index is 0.144. The zero-order valence-corrected chi connectivity index (χ0v) is 14.7. The second-order valence-electron chi connectivity index (χ2n) is 6.52. The van der Waals surface area contributed by atoms with Gasteiger partial charge in [-0.25, -0.2) is 9.97 Å². The molecule has 24 heavy (non-hydrogen) atoms. The molecule has 2 aliphatic heterocycles. The largest absolute Gasteiger partial charge is 0.379 e. The van der Waals surface area contributed by atoms with Crippen molar-refractivity contribution in [2.75, 3.05) is 31.6 Å². The first-order chi connectivity index (χ1) is 11.7. The predicted molar refractivity (Wildman–Crippen MR) is 94.8 cm³/mol. The topological polar surface area (TPSA) is 67.4 Å². The number of anilines is 1. The maximum atomic E-state index is 12.9. The second kappa shape index (κ2) is 6.64. The molecule has 4 heterocycles. The lowest BCUT2D eigenvalue weighted by molar-refractivity contribution is 0.0728. The van der Waals surface area contributed by atoms with Crippen LogP contribution in [0.5, 0.6) is 0 Å². The first kappa shape index (κ1) is 15.8. The summed E-state index contributed by atoms with van der Waals surface area (Å²) >= 11 is 1.48. The summed E-state index contributed by atoms with van der Waals surface area (Å²) < 4.78 is 5.43. The average molecular weight is 346 g/mol. The number of hydrogen-bond donors (Lipinski definition) is 1. The quantitative estimate of drug-likeness (QED) is 0.926. The van der Waals surface area contributed by atoms with E-state index in [4.69, 9.17) is 4.74 Å². The lowest BCUT2D eigenvalue weighted by atomic mass is 10.1. The molecule has 6 nitrogen and oxygen atoms in total. The molecule has 2 aromatic heterocycles. The summed E-state index contributed by atoms with van der Waals surface area (Å²) in [5.41, 5.74) is 0.993. The zero-order valence-electron chi connectivity index (χ0n) is 13.9. The van der Waals surface area contributed by atoms with Gasteiger partial charge in [0, 0.05) is 19.7 Å². The van der Waals surface area contributed by atoms with E-state index >= 15 is 0 Å². The number of ether oxygens (including phenoxy) is 1. The van der Waals surface area contributed by atoms with Gasteiger partial charge in [0.05, 0.1) is 22.9 Å². The summed E-state index contributed by atoms with van der Waals surface area (Å²) in [5.74, 6) is 0.965. The van der Waals surface area contributed by atoms with Gasteiger partial charge in [-0.2, -0.15) is 0 Å². The van der Waals surface area contributed by atoms with E-state index in [2.05, 4.69) is 15.3 Å². The number of aromatic nitrogens is 2. The average Bonchev–Trinajstić information content (AvgIpc) is 3.24. The third kappa shape index (κ3) is 2.86. The number of hydrogen-bond acceptors (Lipinski definition) is 6. The molecule has 0 aliphatic carbocycles. The van der Waals surface area contributed by atoms with Crippen molar-refractivity contribution in [1.82, 2.24) is 14.9 Å². The molecule has 1 N–H and O–H groups in total. The number of carbonyl (C=O) groups is 1. The number of nitrogens with one attached hydrogen (secondary N) is 1. The molecule has 128 valence electrons. The summed E-state index contributed by atoms with van der Waals surface area (Å²) in [4.78, 5) is 25.4. The number of fused-ring (bicyclic) bond motifs is 1. The fraction of sp³-hybridized carbons (Fsp3) is 0.588. The van der Waals surface area contributed by atoms with E-state index in [0.717, 1.165) is 65.4 Å². The van der Waals surface area contributed by atoms with Crippen molar-refractivity contribution in [2.24, 2.45) is 0 Å². The number of amides is 1. The number of thiophene rings is 1. The Morgan fingerprint density at radius 1 is 1.33 bits per heavy atom. The van der Waals surface area contributed by atoms with Gasteiger partial charge in [0.15, 0.2) is 0 Å². The summed E-state index contributed by atoms with van der Waals surface area (Å²) in [6.07, 6.45) is 5.98. The summed E-state index contributed by atoms with van der Waals surface area (Å²) in [7, 11) is 0. The van der Waals surface area contributed by atoms with Crippen molar-refractivity contribution in [3.8, 4) is 0 Å². The minimum Gasteiger partial charge on any atom is -0.379 e. The van der Waals surface area contributed by atoms with Crippen LogP contribution in [0, 0.1) is 6.92 Å². The number of aryl methyl sites for hydroxylation is 1. The van der Waals surface area contributed by atoms with Gasteiger partial charge in [-0.05, 0) is 38.2 Å². The Hall–Kier alpha value is -1.73. The van der Waals surface area contributed by atoms with Gasteiger partial charge in [0.1, 0.15) is 17.0 Å². The summed E-state index contributed by atoms with van der Waals surface area (Å²) in [6, 6.07) is 0.281. The smallest absolute Gasteiger partial charge is 0.264 e. The van der Waals surface area contributed by atoms with E-state index in [1.54, 1.807) is 6.33 Å². The van der Waals surface area contributed by atoms with Gasteiger partial charge >= 0.3 is 0 Å². The molecule has 2 aliphatic rings. The predicted octanol–water partition coefficient (Wildman–Crippen LogP) is 2.83. The second-order valence-corrected chi connectivity index (χ2v) is 7.52. The van der Waals surface area contributed by atoms with Crippen LogP contribution in [-0.4, -0.2) is 53.1 Å². The molecule has 1 atom stereocenters. The highest BCUT2D eigenvalue weighted by molar-refractivity contribution is 7.20. The first-order valence-electron chi connectivity index (χ1n) is 8.61. The molecule has 0 radical (unpaired) electrons. The number of nitrogens with zero attached hydrogens (tertiary/aromatic N) is 3. The summed E-state index contributed by atoms with van der Waals surface area (Å²) in [6.45, 7) is 5.22. The van der Waals surface area contributed by atoms with Crippen LogP contribution in [0.15, 0.2) is 6.33 Å². The van der Waals surface area contributed by atoms with E-state index < -0.39 is 0 Å². The normalized spacial score (nSPS) is 21.4. The molecule has 0 aromatic carbocycles. The molecule has 0 bridgehead atoms. The maximum Gasteiger partial charge on any atom is 0.264 e. The van der Waals surface area contributed by atoms with E-state index in [9.17, 15) is 4.79 Å². The molecular formula is C17H22N4O2S. The van der Waals surface area contributed by atoms with Crippen LogP contribution < -0.4 is 5.32 Å². The van der Waals surface area contributed by atoms with E-state index in [1.807, 2.05) is 11.8 Å². The standard InChI is InChI=1S/C17H22N4O2S/c1-11-13-15(20-12-5-8-23-9-12)18-10-19-16(13)24-14(11)17(22)21-6-3-2-4-7-21/h10,12H,2-9H2,1H3,(H,18,19,20). The monoisotopic (exact) mass is 346 g/mol. The minimum absolute atomic E-state index is 0.144. The van der Waals surface area contributed by atoms with E-state index in [1.165, 1.54) is 17.8 Å². The fourth-order valence-electron chi connectivity index (χ4n) is 3.47. The molecule has 2 fully saturated rings. The van der Waals surface area contributed by atoms with Crippen LogP contribution in [0.1, 0.15) is 40.9 Å². The maximum absolute atomic E-state index is 12.9. The van der Waals surface area contributed by atoms with Gasteiger partial charge < -0.3 is 15.0 Å². The highest BCUT2D eigenvalue weighted by Crippen LogP contribution is 2.35. The van der Waals surface area contributed by atoms with Crippen molar-refractivity contribution >= 4 is 33.3 Å². The number of carbonyl (C=O) groups excluding carboxylic acids is 1. The highest BCUT2D eigenvalue weighted by Gasteiger charge is 2.25. The third-order valence-corrected chi connectivity index (χ3v) is 6.02. The van der Waals surface area contributed by atoms with E-state index in [-0.39, 0.29) is 11.9 Å². The molecule has 1 amide bonds. The van der Waals surface area contributed by atoms with Crippen molar-refractivity contribution < 1.29 is 9.53 Å². The summed E-state index contributed by atoms with van der Waals surface area (Å²) in [5, 5.41) is 4.44. The molecule has 1 unspecified atom stereocenters. The Balaban J connectivity index is 1.67. The molecule has 7 heteroatoms. The van der Waals surface area contributed by atoms with Crippen LogP contribution in [-0.2, 0) is 4.74 Å². The first-order valence-corrected chi connectivity index (χ1v) is 9.43. The van der Waals surface area contributed by atoms with Gasteiger partial charge in [0.2, 0.25) is 0 Å². The molecule has 2 aromatic rings. The van der Waals surface area contributed by atoms with Gasteiger partial charge in [-0.15, -0.1) is 11.3 Å². The SMILES string of the molecule is Cc1c(C(=O)N2CCCCC2)sc2ncnc(NC3CCOC3)c12. The lowest BCUT2D eigenvalue weighted by Gasteiger charge is -2.26. The van der Waals surface area contributed by atoms with Crippen LogP contribution in [0.25, 0.3) is 10.2 Å². The van der Waals surface area contributed by atoms with Gasteiger partial charge in [-0.3, -0.25) is 4.79 Å². The van der Waals surface area contributed by atoms with Crippen molar-refractivity contribution in [3.63, 3.8) is 0 Å². The van der Waals surface area contributed by atoms with Crippen LogP contribution >= 0.6 is 11.3 Å². The number of likely N-dealkylation sites (tertiary alicyclic amines) is 1. The molecule has 4 rings (SSSR count). The Bertz CT molecular complexity index is 748. The lowest BCUT2D eigenvalue weighted by Crippen LogP contribution is -2.35. The fourth-order valence-corrected chi connectivity index (χ4v) is 4.58. The number of piperidine rings is 1. The molecule has 0 spiro atoms. The van der Waals surface area contributed by atoms with Gasteiger partial charge in [0.25, 0.3) is 5.91 Å². The van der Waals surface area contributed by atoms with Gasteiger partial charge in [-0.1, -0.05) is 0 Å².